The van der Waals surface area contributed by atoms with Gasteiger partial charge in [-0.1, -0.05) is 41.9 Å². The minimum absolute atomic E-state index is 0.100. The van der Waals surface area contributed by atoms with Gasteiger partial charge in [0, 0.05) is 24.6 Å². The monoisotopic (exact) mass is 480 g/mol. The van der Waals surface area contributed by atoms with Gasteiger partial charge in [-0.2, -0.15) is 18.3 Å². The third-order valence-electron chi connectivity index (χ3n) is 5.35. The molecule has 0 bridgehead atoms. The van der Waals surface area contributed by atoms with E-state index in [0.717, 1.165) is 4.68 Å². The van der Waals surface area contributed by atoms with E-state index < -0.39 is 24.2 Å². The number of benzene rings is 2. The van der Waals surface area contributed by atoms with Gasteiger partial charge in [0.2, 0.25) is 0 Å². The molecule has 0 spiro atoms. The van der Waals surface area contributed by atoms with Crippen molar-refractivity contribution in [3.8, 4) is 11.5 Å². The van der Waals surface area contributed by atoms with Crippen molar-refractivity contribution in [3.05, 3.63) is 64.8 Å². The molecule has 11 heteroatoms. The molecule has 33 heavy (non-hydrogen) atoms. The number of carbonyl (C=O) groups is 1. The van der Waals surface area contributed by atoms with Gasteiger partial charge in [0.15, 0.2) is 11.7 Å². The number of amides is 1. The topological polar surface area (TPSA) is 77.4 Å². The van der Waals surface area contributed by atoms with Crippen molar-refractivity contribution in [1.82, 2.24) is 9.78 Å². The summed E-state index contributed by atoms with van der Waals surface area (Å²) in [5, 5.41) is 9.89. The lowest BCUT2D eigenvalue weighted by atomic mass is 9.97. The van der Waals surface area contributed by atoms with Crippen molar-refractivity contribution in [3.63, 3.8) is 0 Å². The minimum atomic E-state index is -4.55. The maximum Gasteiger partial charge on any atom is 0.410 e. The lowest BCUT2D eigenvalue weighted by Gasteiger charge is -2.33. The summed E-state index contributed by atoms with van der Waals surface area (Å²) in [6.45, 7) is 0. The van der Waals surface area contributed by atoms with Crippen LogP contribution in [0.5, 0.6) is 11.5 Å². The molecule has 1 aliphatic heterocycles. The van der Waals surface area contributed by atoms with E-state index in [2.05, 4.69) is 15.7 Å². The van der Waals surface area contributed by atoms with Crippen LogP contribution in [0.4, 0.5) is 24.7 Å². The molecule has 2 unspecified atom stereocenters. The highest BCUT2D eigenvalue weighted by molar-refractivity contribution is 6.32. The van der Waals surface area contributed by atoms with Gasteiger partial charge in [-0.15, -0.1) is 0 Å². The van der Waals surface area contributed by atoms with Crippen molar-refractivity contribution < 1.29 is 27.4 Å². The zero-order valence-corrected chi connectivity index (χ0v) is 18.4. The van der Waals surface area contributed by atoms with E-state index in [0.29, 0.717) is 11.3 Å². The Kier molecular flexibility index (Phi) is 6.11. The molecule has 1 amide bonds. The van der Waals surface area contributed by atoms with E-state index in [1.54, 1.807) is 30.3 Å². The van der Waals surface area contributed by atoms with Crippen LogP contribution in [-0.4, -0.2) is 36.1 Å². The lowest BCUT2D eigenvalue weighted by Crippen LogP contribution is -2.35. The van der Waals surface area contributed by atoms with Gasteiger partial charge in [0.05, 0.1) is 31.0 Å². The molecule has 2 N–H and O–H groups in total. The molecule has 3 aromatic rings. The summed E-state index contributed by atoms with van der Waals surface area (Å²) < 4.78 is 52.8. The maximum atomic E-state index is 13.9. The van der Waals surface area contributed by atoms with E-state index in [4.69, 9.17) is 21.1 Å². The molecule has 0 radical (unpaired) electrons. The molecule has 4 rings (SSSR count). The highest BCUT2D eigenvalue weighted by Gasteiger charge is 2.46. The molecule has 2 aromatic carbocycles. The Morgan fingerprint density at radius 3 is 2.48 bits per heavy atom. The number of rotatable bonds is 5. The Hall–Kier alpha value is -3.40. The number of nitrogens with zero attached hydrogens (tertiary/aromatic N) is 2. The molecular weight excluding hydrogens is 461 g/mol. The van der Waals surface area contributed by atoms with Crippen molar-refractivity contribution in [2.45, 2.75) is 24.7 Å². The quantitative estimate of drug-likeness (QED) is 0.506. The van der Waals surface area contributed by atoms with Crippen molar-refractivity contribution in [1.29, 1.82) is 0 Å². The first-order valence-corrected chi connectivity index (χ1v) is 10.3. The average Bonchev–Trinajstić information content (AvgIpc) is 3.23. The maximum absolute atomic E-state index is 13.9. The highest BCUT2D eigenvalue weighted by Crippen LogP contribution is 2.44. The molecule has 7 nitrogen and oxygen atoms in total. The Bertz CT molecular complexity index is 1170. The first-order chi connectivity index (χ1) is 15.7. The van der Waals surface area contributed by atoms with Gasteiger partial charge in [-0.05, 0) is 5.56 Å². The standard InChI is InChI=1S/C22H20ClF3N4O3/c1-32-17-9-15(18(33-2)8-13(17)23)28-21(31)16-11-20-27-14(12-6-4-3-5-7-12)10-19(22(24,25)26)30(20)29-16/h3-9,11,14,19,27H,10H2,1-2H3,(H,28,31). The third-order valence-corrected chi connectivity index (χ3v) is 5.64. The number of anilines is 2. The van der Waals surface area contributed by atoms with Crippen molar-refractivity contribution >= 4 is 29.0 Å². The van der Waals surface area contributed by atoms with E-state index in [9.17, 15) is 18.0 Å². The second kappa shape index (κ2) is 8.86. The summed E-state index contributed by atoms with van der Waals surface area (Å²) in [6.07, 6.45) is -4.80. The SMILES string of the molecule is COc1cc(NC(=O)c2cc3n(n2)C(C(F)(F)F)CC(c2ccccc2)N3)c(OC)cc1Cl. The number of nitrogens with one attached hydrogen (secondary N) is 2. The number of aromatic nitrogens is 2. The molecule has 1 aliphatic rings. The summed E-state index contributed by atoms with van der Waals surface area (Å²) >= 11 is 6.08. The normalized spacial score (nSPS) is 17.6. The first-order valence-electron chi connectivity index (χ1n) is 9.92. The van der Waals surface area contributed by atoms with Crippen LogP contribution >= 0.6 is 11.6 Å². The summed E-state index contributed by atoms with van der Waals surface area (Å²) in [6, 6.07) is 10.6. The molecule has 2 atom stereocenters. The number of methoxy groups -OCH3 is 2. The van der Waals surface area contributed by atoms with Gasteiger partial charge >= 0.3 is 6.18 Å². The predicted molar refractivity (Wildman–Crippen MR) is 117 cm³/mol. The van der Waals surface area contributed by atoms with Gasteiger partial charge in [0.1, 0.15) is 17.3 Å². The van der Waals surface area contributed by atoms with E-state index >= 15 is 0 Å². The number of fused-ring (bicyclic) bond motifs is 1. The molecule has 0 saturated carbocycles. The van der Waals surface area contributed by atoms with Crippen LogP contribution in [0.25, 0.3) is 0 Å². The van der Waals surface area contributed by atoms with Gasteiger partial charge in [0.25, 0.3) is 5.91 Å². The van der Waals surface area contributed by atoms with Gasteiger partial charge in [-0.3, -0.25) is 4.79 Å². The largest absolute Gasteiger partial charge is 0.495 e. The fraction of sp³-hybridized carbons (Fsp3) is 0.273. The first kappa shape index (κ1) is 22.8. The Morgan fingerprint density at radius 2 is 1.85 bits per heavy atom. The van der Waals surface area contributed by atoms with Crippen molar-refractivity contribution in [2.75, 3.05) is 24.9 Å². The fourth-order valence-corrected chi connectivity index (χ4v) is 3.96. The molecule has 0 fully saturated rings. The number of hydrogen-bond donors (Lipinski definition) is 2. The Labute approximate surface area is 192 Å². The molecular formula is C22H20ClF3N4O3. The minimum Gasteiger partial charge on any atom is -0.495 e. The van der Waals surface area contributed by atoms with E-state index in [1.165, 1.54) is 32.4 Å². The Morgan fingerprint density at radius 1 is 1.15 bits per heavy atom. The van der Waals surface area contributed by atoms with Crippen LogP contribution in [0, 0.1) is 0 Å². The zero-order chi connectivity index (χ0) is 23.8. The number of halogens is 4. The lowest BCUT2D eigenvalue weighted by molar-refractivity contribution is -0.173. The zero-order valence-electron chi connectivity index (χ0n) is 17.6. The number of carbonyl (C=O) groups excluding carboxylic acids is 1. The van der Waals surface area contributed by atoms with Gasteiger partial charge in [-0.25, -0.2) is 4.68 Å². The van der Waals surface area contributed by atoms with E-state index in [-0.39, 0.29) is 34.4 Å². The Balaban J connectivity index is 1.66. The molecule has 0 aliphatic carbocycles. The predicted octanol–water partition coefficient (Wildman–Crippen LogP) is 5.47. The molecule has 174 valence electrons. The van der Waals surface area contributed by atoms with Crippen molar-refractivity contribution in [2.24, 2.45) is 0 Å². The van der Waals surface area contributed by atoms with Crippen LogP contribution in [0.1, 0.15) is 34.6 Å². The third kappa shape index (κ3) is 4.56. The summed E-state index contributed by atoms with van der Waals surface area (Å²) in [5.41, 5.74) is 0.761. The van der Waals surface area contributed by atoms with E-state index in [1.807, 2.05) is 0 Å². The molecule has 2 heterocycles. The van der Waals surface area contributed by atoms with Crippen LogP contribution in [0.15, 0.2) is 48.5 Å². The smallest absolute Gasteiger partial charge is 0.410 e. The summed E-state index contributed by atoms with van der Waals surface area (Å²) in [4.78, 5) is 12.9. The average molecular weight is 481 g/mol. The molecule has 0 saturated heterocycles. The van der Waals surface area contributed by atoms with Crippen LogP contribution in [0.3, 0.4) is 0 Å². The van der Waals surface area contributed by atoms with Gasteiger partial charge < -0.3 is 20.1 Å². The molecule has 1 aromatic heterocycles. The summed E-state index contributed by atoms with van der Waals surface area (Å²) in [5.74, 6) is -0.0586. The fourth-order valence-electron chi connectivity index (χ4n) is 3.73. The number of hydrogen-bond acceptors (Lipinski definition) is 5. The number of alkyl halides is 3. The van der Waals surface area contributed by atoms with Crippen LogP contribution in [0.2, 0.25) is 5.02 Å². The second-order valence-electron chi connectivity index (χ2n) is 7.40. The van der Waals surface area contributed by atoms with Crippen LogP contribution < -0.4 is 20.1 Å². The highest BCUT2D eigenvalue weighted by atomic mass is 35.5. The summed E-state index contributed by atoms with van der Waals surface area (Å²) in [7, 11) is 2.81. The van der Waals surface area contributed by atoms with Crippen LogP contribution in [-0.2, 0) is 0 Å². The second-order valence-corrected chi connectivity index (χ2v) is 7.81. The number of ether oxygens (including phenoxy) is 2.